The number of nitrogen functional groups attached to an aromatic ring is 1. The van der Waals surface area contributed by atoms with Gasteiger partial charge in [-0.2, -0.15) is 21.3 Å². The molecule has 2 heterocycles. The molecule has 72 valence electrons. The standard InChI is InChI=1S/C9H10N4S/c1-2-7-11-8(13-9(10)12-7)6-3-4-14-5-6/h3-5H,2H2,1H3,(H2,10,11,12,13). The van der Waals surface area contributed by atoms with Crippen molar-refractivity contribution in [2.75, 3.05) is 5.73 Å². The average Bonchev–Trinajstić information content (AvgIpc) is 2.69. The largest absolute Gasteiger partial charge is 0.368 e. The van der Waals surface area contributed by atoms with Crippen molar-refractivity contribution < 1.29 is 0 Å². The van der Waals surface area contributed by atoms with Crippen molar-refractivity contribution >= 4 is 17.3 Å². The molecule has 2 N–H and O–H groups in total. The summed E-state index contributed by atoms with van der Waals surface area (Å²) in [5.74, 6) is 1.69. The van der Waals surface area contributed by atoms with Crippen LogP contribution in [0.15, 0.2) is 16.8 Å². The number of anilines is 1. The van der Waals surface area contributed by atoms with Gasteiger partial charge in [0, 0.05) is 17.4 Å². The zero-order valence-corrected chi connectivity index (χ0v) is 8.58. The van der Waals surface area contributed by atoms with Gasteiger partial charge in [0.1, 0.15) is 5.82 Å². The fourth-order valence-electron chi connectivity index (χ4n) is 1.12. The van der Waals surface area contributed by atoms with E-state index in [-0.39, 0.29) is 5.95 Å². The quantitative estimate of drug-likeness (QED) is 0.813. The molecule has 0 aliphatic carbocycles. The molecule has 14 heavy (non-hydrogen) atoms. The predicted molar refractivity (Wildman–Crippen MR) is 56.9 cm³/mol. The highest BCUT2D eigenvalue weighted by atomic mass is 32.1. The molecular formula is C9H10N4S. The minimum atomic E-state index is 0.290. The van der Waals surface area contributed by atoms with Gasteiger partial charge in [-0.15, -0.1) is 0 Å². The maximum atomic E-state index is 5.58. The molecule has 5 heteroatoms. The molecular weight excluding hydrogens is 196 g/mol. The van der Waals surface area contributed by atoms with Gasteiger partial charge in [0.2, 0.25) is 5.95 Å². The summed E-state index contributed by atoms with van der Waals surface area (Å²) in [6.07, 6.45) is 0.768. The van der Waals surface area contributed by atoms with Crippen LogP contribution in [0.2, 0.25) is 0 Å². The van der Waals surface area contributed by atoms with Crippen LogP contribution < -0.4 is 5.73 Å². The topological polar surface area (TPSA) is 64.7 Å². The van der Waals surface area contributed by atoms with Crippen molar-refractivity contribution in [3.63, 3.8) is 0 Å². The normalized spacial score (nSPS) is 10.4. The van der Waals surface area contributed by atoms with Crippen molar-refractivity contribution in [2.45, 2.75) is 13.3 Å². The third-order valence-electron chi connectivity index (χ3n) is 1.79. The third kappa shape index (κ3) is 1.72. The van der Waals surface area contributed by atoms with E-state index in [9.17, 15) is 0 Å². The molecule has 0 bridgehead atoms. The predicted octanol–water partition coefficient (Wildman–Crippen LogP) is 1.74. The molecule has 0 fully saturated rings. The minimum Gasteiger partial charge on any atom is -0.368 e. The lowest BCUT2D eigenvalue weighted by atomic mass is 10.3. The van der Waals surface area contributed by atoms with E-state index >= 15 is 0 Å². The lowest BCUT2D eigenvalue weighted by Crippen LogP contribution is -2.03. The van der Waals surface area contributed by atoms with Crippen molar-refractivity contribution in [1.29, 1.82) is 0 Å². The number of aromatic nitrogens is 3. The highest BCUT2D eigenvalue weighted by Crippen LogP contribution is 2.18. The zero-order valence-electron chi connectivity index (χ0n) is 7.77. The van der Waals surface area contributed by atoms with Gasteiger partial charge < -0.3 is 5.73 Å². The van der Waals surface area contributed by atoms with Crippen molar-refractivity contribution in [3.05, 3.63) is 22.7 Å². The van der Waals surface area contributed by atoms with Crippen LogP contribution in [0.25, 0.3) is 11.4 Å². The number of nitrogens with zero attached hydrogens (tertiary/aromatic N) is 3. The summed E-state index contributed by atoms with van der Waals surface area (Å²) in [6, 6.07) is 1.97. The first-order chi connectivity index (χ1) is 6.79. The van der Waals surface area contributed by atoms with Crippen LogP contribution in [0.3, 0.4) is 0 Å². The second-order valence-corrected chi connectivity index (χ2v) is 3.58. The molecule has 0 saturated carbocycles. The first-order valence-electron chi connectivity index (χ1n) is 4.32. The third-order valence-corrected chi connectivity index (χ3v) is 2.48. The molecule has 0 atom stereocenters. The van der Waals surface area contributed by atoms with Gasteiger partial charge in [0.05, 0.1) is 0 Å². The van der Waals surface area contributed by atoms with Crippen LogP contribution in [-0.2, 0) is 6.42 Å². The van der Waals surface area contributed by atoms with Gasteiger partial charge >= 0.3 is 0 Å². The number of rotatable bonds is 2. The first-order valence-corrected chi connectivity index (χ1v) is 5.27. The highest BCUT2D eigenvalue weighted by molar-refractivity contribution is 7.08. The molecule has 0 spiro atoms. The Morgan fingerprint density at radius 1 is 1.36 bits per heavy atom. The Balaban J connectivity index is 2.48. The summed E-state index contributed by atoms with van der Waals surface area (Å²) in [5.41, 5.74) is 6.58. The molecule has 4 nitrogen and oxygen atoms in total. The summed E-state index contributed by atoms with van der Waals surface area (Å²) in [5, 5.41) is 3.98. The average molecular weight is 206 g/mol. The van der Waals surface area contributed by atoms with Crippen molar-refractivity contribution in [3.8, 4) is 11.4 Å². The number of hydrogen-bond acceptors (Lipinski definition) is 5. The summed E-state index contributed by atoms with van der Waals surface area (Å²) < 4.78 is 0. The lowest BCUT2D eigenvalue weighted by molar-refractivity contribution is 0.914. The Labute approximate surface area is 85.9 Å². The SMILES string of the molecule is CCc1nc(N)nc(-c2ccsc2)n1. The van der Waals surface area contributed by atoms with E-state index in [1.54, 1.807) is 11.3 Å². The van der Waals surface area contributed by atoms with E-state index in [1.807, 2.05) is 23.8 Å². The van der Waals surface area contributed by atoms with Crippen LogP contribution >= 0.6 is 11.3 Å². The summed E-state index contributed by atoms with van der Waals surface area (Å²) >= 11 is 1.61. The Hall–Kier alpha value is -1.49. The monoisotopic (exact) mass is 206 g/mol. The molecule has 2 aromatic rings. The van der Waals surface area contributed by atoms with Gasteiger partial charge in [0.25, 0.3) is 0 Å². The van der Waals surface area contributed by atoms with Gasteiger partial charge in [-0.3, -0.25) is 0 Å². The van der Waals surface area contributed by atoms with Crippen LogP contribution in [0, 0.1) is 0 Å². The Morgan fingerprint density at radius 2 is 2.21 bits per heavy atom. The van der Waals surface area contributed by atoms with E-state index in [0.29, 0.717) is 5.82 Å². The molecule has 0 saturated heterocycles. The van der Waals surface area contributed by atoms with Gasteiger partial charge in [-0.1, -0.05) is 6.92 Å². The maximum absolute atomic E-state index is 5.58. The zero-order chi connectivity index (χ0) is 9.97. The maximum Gasteiger partial charge on any atom is 0.223 e. The van der Waals surface area contributed by atoms with E-state index in [4.69, 9.17) is 5.73 Å². The molecule has 0 radical (unpaired) electrons. The summed E-state index contributed by atoms with van der Waals surface area (Å²) in [6.45, 7) is 1.99. The fourth-order valence-corrected chi connectivity index (χ4v) is 1.75. The molecule has 2 aromatic heterocycles. The van der Waals surface area contributed by atoms with E-state index in [2.05, 4.69) is 15.0 Å². The van der Waals surface area contributed by atoms with E-state index < -0.39 is 0 Å². The van der Waals surface area contributed by atoms with Gasteiger partial charge in [-0.05, 0) is 11.4 Å². The molecule has 0 aliphatic heterocycles. The second kappa shape index (κ2) is 3.71. The molecule has 0 amide bonds. The van der Waals surface area contributed by atoms with Crippen LogP contribution in [0.4, 0.5) is 5.95 Å². The number of nitrogens with two attached hydrogens (primary N) is 1. The Morgan fingerprint density at radius 3 is 2.86 bits per heavy atom. The molecule has 0 aromatic carbocycles. The van der Waals surface area contributed by atoms with E-state index in [1.165, 1.54) is 0 Å². The van der Waals surface area contributed by atoms with Crippen LogP contribution in [0.1, 0.15) is 12.7 Å². The Kier molecular flexibility index (Phi) is 2.41. The molecule has 2 rings (SSSR count). The molecule has 0 aliphatic rings. The summed E-state index contributed by atoms with van der Waals surface area (Å²) in [7, 11) is 0. The number of hydrogen-bond donors (Lipinski definition) is 1. The summed E-state index contributed by atoms with van der Waals surface area (Å²) in [4.78, 5) is 12.4. The van der Waals surface area contributed by atoms with Crippen LogP contribution in [0.5, 0.6) is 0 Å². The van der Waals surface area contributed by atoms with Gasteiger partial charge in [-0.25, -0.2) is 4.98 Å². The van der Waals surface area contributed by atoms with E-state index in [0.717, 1.165) is 17.8 Å². The number of aryl methyl sites for hydroxylation is 1. The van der Waals surface area contributed by atoms with Crippen molar-refractivity contribution in [1.82, 2.24) is 15.0 Å². The van der Waals surface area contributed by atoms with Crippen LogP contribution in [-0.4, -0.2) is 15.0 Å². The van der Waals surface area contributed by atoms with Crippen molar-refractivity contribution in [2.24, 2.45) is 0 Å². The lowest BCUT2D eigenvalue weighted by Gasteiger charge is -2.00. The molecule has 0 unspecified atom stereocenters. The highest BCUT2D eigenvalue weighted by Gasteiger charge is 2.05. The first kappa shape index (κ1) is 9.08. The van der Waals surface area contributed by atoms with Gasteiger partial charge in [0.15, 0.2) is 5.82 Å². The Bertz CT molecular complexity index is 424. The minimum absolute atomic E-state index is 0.290. The number of thiophene rings is 1. The smallest absolute Gasteiger partial charge is 0.223 e. The fraction of sp³-hybridized carbons (Fsp3) is 0.222. The second-order valence-electron chi connectivity index (χ2n) is 2.80.